The number of anilines is 1. The molecule has 2 heterocycles. The largest absolute Gasteiger partial charge is 0.452 e. The normalized spacial score (nSPS) is 22.0. The number of halogens is 1. The van der Waals surface area contributed by atoms with Gasteiger partial charge < -0.3 is 10.1 Å². The van der Waals surface area contributed by atoms with Gasteiger partial charge in [0.05, 0.1) is 23.9 Å². The molecule has 1 aliphatic heterocycles. The van der Waals surface area contributed by atoms with E-state index in [4.69, 9.17) is 16.3 Å². The number of esters is 1. The average molecular weight is 406 g/mol. The van der Waals surface area contributed by atoms with Gasteiger partial charge in [-0.05, 0) is 31.9 Å². The van der Waals surface area contributed by atoms with Crippen LogP contribution in [-0.2, 0) is 23.9 Å². The number of amides is 3. The van der Waals surface area contributed by atoms with Gasteiger partial charge in [-0.3, -0.25) is 24.1 Å². The summed E-state index contributed by atoms with van der Waals surface area (Å²) in [7, 11) is 0. The molecule has 0 saturated carbocycles. The fourth-order valence-corrected chi connectivity index (χ4v) is 3.48. The fraction of sp³-hybridized carbons (Fsp3) is 0.421. The van der Waals surface area contributed by atoms with Gasteiger partial charge in [-0.25, -0.2) is 4.98 Å². The van der Waals surface area contributed by atoms with Crippen molar-refractivity contribution < 1.29 is 23.9 Å². The molecule has 1 aliphatic carbocycles. The van der Waals surface area contributed by atoms with Crippen molar-refractivity contribution in [2.24, 2.45) is 11.8 Å². The van der Waals surface area contributed by atoms with Crippen LogP contribution in [0.1, 0.15) is 26.2 Å². The zero-order valence-corrected chi connectivity index (χ0v) is 16.0. The smallest absolute Gasteiger partial charge is 0.308 e. The first-order chi connectivity index (χ1) is 13.4. The van der Waals surface area contributed by atoms with Gasteiger partial charge in [-0.15, -0.1) is 0 Å². The number of likely N-dealkylation sites (tertiary alicyclic amines) is 1. The number of allylic oxidation sites excluding steroid dienone is 2. The summed E-state index contributed by atoms with van der Waals surface area (Å²) in [5, 5.41) is 2.65. The van der Waals surface area contributed by atoms with Crippen molar-refractivity contribution in [2.45, 2.75) is 32.3 Å². The third kappa shape index (κ3) is 4.22. The topological polar surface area (TPSA) is 106 Å². The van der Waals surface area contributed by atoms with Crippen molar-refractivity contribution in [3.8, 4) is 0 Å². The Bertz CT molecular complexity index is 815. The SMILES string of the molecule is C[C@@H](OC(=O)CCN1C(=O)[C@H]2CC=CC[C@@H]2C1=O)C(=O)Nc1cccnc1Cl. The summed E-state index contributed by atoms with van der Waals surface area (Å²) < 4.78 is 5.10. The van der Waals surface area contributed by atoms with Crippen molar-refractivity contribution >= 4 is 41.0 Å². The van der Waals surface area contributed by atoms with Crippen LogP contribution in [0, 0.1) is 11.8 Å². The lowest BCUT2D eigenvalue weighted by molar-refractivity contribution is -0.154. The standard InChI is InChI=1S/C19H20ClN3O5/c1-11(17(25)22-14-7-4-9-21-16(14)20)28-15(24)8-10-23-18(26)12-5-2-3-6-13(12)19(23)27/h2-4,7,9,11-13H,5-6,8,10H2,1H3,(H,22,25)/t11-,12+,13+/m1/s1. The summed E-state index contributed by atoms with van der Waals surface area (Å²) in [5.74, 6) is -2.39. The Morgan fingerprint density at radius 1 is 1.29 bits per heavy atom. The minimum absolute atomic E-state index is 0.0493. The van der Waals surface area contributed by atoms with E-state index >= 15 is 0 Å². The molecule has 1 aromatic heterocycles. The van der Waals surface area contributed by atoms with Gasteiger partial charge in [0.2, 0.25) is 11.8 Å². The Labute approximate surface area is 166 Å². The van der Waals surface area contributed by atoms with Crippen molar-refractivity contribution in [2.75, 3.05) is 11.9 Å². The van der Waals surface area contributed by atoms with E-state index in [1.54, 1.807) is 12.1 Å². The van der Waals surface area contributed by atoms with Gasteiger partial charge in [-0.2, -0.15) is 0 Å². The van der Waals surface area contributed by atoms with Crippen molar-refractivity contribution in [1.29, 1.82) is 0 Å². The molecule has 9 heteroatoms. The van der Waals surface area contributed by atoms with Crippen LogP contribution >= 0.6 is 11.6 Å². The number of pyridine rings is 1. The van der Waals surface area contributed by atoms with Crippen molar-refractivity contribution in [3.63, 3.8) is 0 Å². The zero-order chi connectivity index (χ0) is 20.3. The number of aromatic nitrogens is 1. The maximum atomic E-state index is 12.4. The maximum absolute atomic E-state index is 12.4. The van der Waals surface area contributed by atoms with E-state index in [1.807, 2.05) is 12.2 Å². The first-order valence-corrected chi connectivity index (χ1v) is 9.37. The highest BCUT2D eigenvalue weighted by molar-refractivity contribution is 6.32. The quantitative estimate of drug-likeness (QED) is 0.335. The van der Waals surface area contributed by atoms with Crippen LogP contribution in [0.2, 0.25) is 5.15 Å². The monoisotopic (exact) mass is 405 g/mol. The van der Waals surface area contributed by atoms with E-state index in [1.165, 1.54) is 13.1 Å². The Morgan fingerprint density at radius 3 is 2.54 bits per heavy atom. The van der Waals surface area contributed by atoms with E-state index in [2.05, 4.69) is 10.3 Å². The molecule has 148 valence electrons. The number of rotatable bonds is 6. The lowest BCUT2D eigenvalue weighted by Crippen LogP contribution is -2.35. The average Bonchev–Trinajstić information content (AvgIpc) is 2.92. The second-order valence-electron chi connectivity index (χ2n) is 6.70. The van der Waals surface area contributed by atoms with Gasteiger partial charge >= 0.3 is 5.97 Å². The molecule has 1 fully saturated rings. The van der Waals surface area contributed by atoms with Gasteiger partial charge in [0, 0.05) is 12.7 Å². The van der Waals surface area contributed by atoms with Crippen LogP contribution in [0.4, 0.5) is 5.69 Å². The van der Waals surface area contributed by atoms with Crippen LogP contribution in [0.5, 0.6) is 0 Å². The lowest BCUT2D eigenvalue weighted by Gasteiger charge is -2.16. The number of imide groups is 1. The van der Waals surface area contributed by atoms with Crippen LogP contribution in [0.25, 0.3) is 0 Å². The minimum Gasteiger partial charge on any atom is -0.452 e. The highest BCUT2D eigenvalue weighted by Gasteiger charge is 2.47. The Kier molecular flexibility index (Phi) is 6.08. The summed E-state index contributed by atoms with van der Waals surface area (Å²) in [4.78, 5) is 53.9. The number of carbonyl (C=O) groups is 4. The Morgan fingerprint density at radius 2 is 1.93 bits per heavy atom. The first kappa shape index (κ1) is 20.0. The predicted molar refractivity (Wildman–Crippen MR) is 100 cm³/mol. The molecule has 0 aromatic carbocycles. The van der Waals surface area contributed by atoms with Crippen LogP contribution in [0.3, 0.4) is 0 Å². The van der Waals surface area contributed by atoms with E-state index in [9.17, 15) is 19.2 Å². The van der Waals surface area contributed by atoms with E-state index in [0.29, 0.717) is 18.5 Å². The molecule has 8 nitrogen and oxygen atoms in total. The van der Waals surface area contributed by atoms with E-state index < -0.39 is 18.0 Å². The summed E-state index contributed by atoms with van der Waals surface area (Å²) >= 11 is 5.87. The van der Waals surface area contributed by atoms with Crippen LogP contribution in [0.15, 0.2) is 30.5 Å². The molecule has 0 unspecified atom stereocenters. The number of hydrogen-bond acceptors (Lipinski definition) is 6. The molecule has 3 rings (SSSR count). The second-order valence-corrected chi connectivity index (χ2v) is 7.06. The predicted octanol–water partition coefficient (Wildman–Crippen LogP) is 1.95. The molecular weight excluding hydrogens is 386 g/mol. The molecule has 2 aliphatic rings. The number of ether oxygens (including phenoxy) is 1. The van der Waals surface area contributed by atoms with Crippen LogP contribution < -0.4 is 5.32 Å². The number of fused-ring (bicyclic) bond motifs is 1. The fourth-order valence-electron chi connectivity index (χ4n) is 3.32. The minimum atomic E-state index is -1.07. The van der Waals surface area contributed by atoms with E-state index in [-0.39, 0.29) is 41.8 Å². The molecule has 0 bridgehead atoms. The number of nitrogens with one attached hydrogen (secondary N) is 1. The molecule has 28 heavy (non-hydrogen) atoms. The third-order valence-electron chi connectivity index (χ3n) is 4.83. The number of carbonyl (C=O) groups excluding carboxylic acids is 4. The van der Waals surface area contributed by atoms with Crippen molar-refractivity contribution in [1.82, 2.24) is 9.88 Å². The van der Waals surface area contributed by atoms with Gasteiger partial charge in [0.1, 0.15) is 0 Å². The number of hydrogen-bond donors (Lipinski definition) is 1. The lowest BCUT2D eigenvalue weighted by atomic mass is 9.85. The number of nitrogens with zero attached hydrogens (tertiary/aromatic N) is 2. The van der Waals surface area contributed by atoms with Crippen LogP contribution in [-0.4, -0.2) is 46.2 Å². The summed E-state index contributed by atoms with van der Waals surface area (Å²) in [6.07, 6.45) is 5.14. The zero-order valence-electron chi connectivity index (χ0n) is 15.3. The summed E-state index contributed by atoms with van der Waals surface area (Å²) in [6, 6.07) is 3.18. The van der Waals surface area contributed by atoms with Gasteiger partial charge in [0.25, 0.3) is 5.91 Å². The second kappa shape index (κ2) is 8.52. The first-order valence-electron chi connectivity index (χ1n) is 8.99. The van der Waals surface area contributed by atoms with Gasteiger partial charge in [0.15, 0.2) is 11.3 Å². The third-order valence-corrected chi connectivity index (χ3v) is 5.13. The summed E-state index contributed by atoms with van der Waals surface area (Å²) in [6.45, 7) is 1.37. The molecule has 1 saturated heterocycles. The highest BCUT2D eigenvalue weighted by atomic mass is 35.5. The molecule has 0 spiro atoms. The Hall–Kier alpha value is -2.74. The highest BCUT2D eigenvalue weighted by Crippen LogP contribution is 2.35. The van der Waals surface area contributed by atoms with Crippen molar-refractivity contribution in [3.05, 3.63) is 35.6 Å². The molecular formula is C19H20ClN3O5. The molecule has 1 aromatic rings. The summed E-state index contributed by atoms with van der Waals surface area (Å²) in [5.41, 5.74) is 0.307. The molecule has 3 amide bonds. The molecule has 3 atom stereocenters. The molecule has 1 N–H and O–H groups in total. The molecule has 0 radical (unpaired) electrons. The maximum Gasteiger partial charge on any atom is 0.308 e. The van der Waals surface area contributed by atoms with E-state index in [0.717, 1.165) is 4.90 Å². The Balaban J connectivity index is 1.49. The van der Waals surface area contributed by atoms with Gasteiger partial charge in [-0.1, -0.05) is 23.8 Å².